The SMILES string of the molecule is Cc1nn(Cc2ccccc2Cl)c(C)c1NC(=O)c1nn2c(C(F)(F)F)c3c(nc2c1Cl)-c1ccccc1CC3. The molecule has 5 aromatic rings. The third-order valence-electron chi connectivity index (χ3n) is 7.10. The summed E-state index contributed by atoms with van der Waals surface area (Å²) in [6.45, 7) is 3.85. The summed E-state index contributed by atoms with van der Waals surface area (Å²) in [5.74, 6) is -0.773. The maximum Gasteiger partial charge on any atom is 0.433 e. The Kier molecular flexibility index (Phi) is 6.35. The monoisotopic (exact) mass is 584 g/mol. The predicted molar refractivity (Wildman–Crippen MR) is 146 cm³/mol. The van der Waals surface area contributed by atoms with Gasteiger partial charge in [-0.25, -0.2) is 9.50 Å². The number of carbonyl (C=O) groups excluding carboxylic acids is 1. The number of benzene rings is 2. The van der Waals surface area contributed by atoms with Crippen LogP contribution < -0.4 is 5.32 Å². The lowest BCUT2D eigenvalue weighted by Crippen LogP contribution is -2.21. The zero-order valence-corrected chi connectivity index (χ0v) is 22.8. The number of hydrogen-bond donors (Lipinski definition) is 1. The Bertz CT molecular complexity index is 1830. The molecule has 0 fully saturated rings. The average Bonchev–Trinajstić information content (AvgIpc) is 3.38. The van der Waals surface area contributed by atoms with Gasteiger partial charge in [0.05, 0.1) is 29.3 Å². The summed E-state index contributed by atoms with van der Waals surface area (Å²) in [4.78, 5) is 17.9. The van der Waals surface area contributed by atoms with Crippen molar-refractivity contribution < 1.29 is 18.0 Å². The normalized spacial score (nSPS) is 12.9. The highest BCUT2D eigenvalue weighted by Gasteiger charge is 2.41. The summed E-state index contributed by atoms with van der Waals surface area (Å²) < 4.78 is 45.6. The maximum absolute atomic E-state index is 14.4. The first kappa shape index (κ1) is 26.3. The van der Waals surface area contributed by atoms with Crippen LogP contribution in [0.25, 0.3) is 16.9 Å². The van der Waals surface area contributed by atoms with Crippen molar-refractivity contribution in [1.82, 2.24) is 24.4 Å². The van der Waals surface area contributed by atoms with Crippen LogP contribution in [0.15, 0.2) is 48.5 Å². The molecule has 0 bridgehead atoms. The average molecular weight is 585 g/mol. The fourth-order valence-electron chi connectivity index (χ4n) is 5.17. The van der Waals surface area contributed by atoms with Crippen molar-refractivity contribution in [3.05, 3.63) is 98.0 Å². The third-order valence-corrected chi connectivity index (χ3v) is 7.82. The fraction of sp³-hybridized carbons (Fsp3) is 0.214. The number of aryl methyl sites for hydroxylation is 2. The van der Waals surface area contributed by atoms with Crippen molar-refractivity contribution in [1.29, 1.82) is 0 Å². The zero-order valence-electron chi connectivity index (χ0n) is 21.3. The number of aromatic nitrogens is 5. The van der Waals surface area contributed by atoms with Crippen LogP contribution in [-0.2, 0) is 25.6 Å². The van der Waals surface area contributed by atoms with Crippen molar-refractivity contribution in [2.24, 2.45) is 0 Å². The lowest BCUT2D eigenvalue weighted by molar-refractivity contribution is -0.143. The fourth-order valence-corrected chi connectivity index (χ4v) is 5.61. The topological polar surface area (TPSA) is 77.1 Å². The number of rotatable bonds is 4. The predicted octanol–water partition coefficient (Wildman–Crippen LogP) is 6.93. The number of anilines is 1. The van der Waals surface area contributed by atoms with E-state index in [-0.39, 0.29) is 34.0 Å². The summed E-state index contributed by atoms with van der Waals surface area (Å²) in [5.41, 5.74) is 2.53. The minimum absolute atomic E-state index is 0.0253. The van der Waals surface area contributed by atoms with Gasteiger partial charge in [-0.1, -0.05) is 65.7 Å². The minimum atomic E-state index is -4.76. The van der Waals surface area contributed by atoms with Crippen LogP contribution in [0.5, 0.6) is 0 Å². The van der Waals surface area contributed by atoms with Gasteiger partial charge in [-0.15, -0.1) is 0 Å². The molecule has 1 amide bonds. The molecule has 3 aromatic heterocycles. The number of amides is 1. The largest absolute Gasteiger partial charge is 0.433 e. The molecule has 1 aliphatic rings. The molecule has 7 nitrogen and oxygen atoms in total. The molecule has 0 aliphatic heterocycles. The second kappa shape index (κ2) is 9.64. The quantitative estimate of drug-likeness (QED) is 0.248. The van der Waals surface area contributed by atoms with Crippen LogP contribution in [0, 0.1) is 13.8 Å². The molecule has 12 heteroatoms. The molecule has 6 rings (SSSR count). The van der Waals surface area contributed by atoms with Crippen LogP contribution in [0.1, 0.15) is 44.3 Å². The minimum Gasteiger partial charge on any atom is -0.317 e. The number of fused-ring (bicyclic) bond motifs is 4. The van der Waals surface area contributed by atoms with Crippen LogP contribution in [-0.4, -0.2) is 30.3 Å². The molecule has 204 valence electrons. The summed E-state index contributed by atoms with van der Waals surface area (Å²) in [5, 5.41) is 11.6. The van der Waals surface area contributed by atoms with Gasteiger partial charge in [0.1, 0.15) is 5.02 Å². The smallest absolute Gasteiger partial charge is 0.317 e. The summed E-state index contributed by atoms with van der Waals surface area (Å²) in [7, 11) is 0. The van der Waals surface area contributed by atoms with Gasteiger partial charge in [0.25, 0.3) is 5.91 Å². The molecular weight excluding hydrogens is 564 g/mol. The molecule has 0 atom stereocenters. The first-order valence-electron chi connectivity index (χ1n) is 12.4. The van der Waals surface area contributed by atoms with E-state index in [0.29, 0.717) is 45.1 Å². The Hall–Kier alpha value is -3.89. The van der Waals surface area contributed by atoms with E-state index in [1.807, 2.05) is 30.3 Å². The Labute approximate surface area is 236 Å². The van der Waals surface area contributed by atoms with Crippen LogP contribution in [0.4, 0.5) is 18.9 Å². The second-order valence-corrected chi connectivity index (χ2v) is 10.4. The van der Waals surface area contributed by atoms with E-state index in [1.165, 1.54) is 0 Å². The Morgan fingerprint density at radius 1 is 1.02 bits per heavy atom. The molecular formula is C28H21Cl2F3N6O. The highest BCUT2D eigenvalue weighted by atomic mass is 35.5. The van der Waals surface area contributed by atoms with Gasteiger partial charge in [-0.3, -0.25) is 9.48 Å². The molecule has 1 aliphatic carbocycles. The maximum atomic E-state index is 14.4. The molecule has 2 aromatic carbocycles. The number of hydrogen-bond acceptors (Lipinski definition) is 4. The molecule has 0 saturated carbocycles. The van der Waals surface area contributed by atoms with Gasteiger partial charge in [0.2, 0.25) is 0 Å². The van der Waals surface area contributed by atoms with E-state index in [1.54, 1.807) is 36.7 Å². The lowest BCUT2D eigenvalue weighted by atomic mass is 9.88. The zero-order chi connectivity index (χ0) is 28.3. The van der Waals surface area contributed by atoms with E-state index in [4.69, 9.17) is 23.2 Å². The van der Waals surface area contributed by atoms with Gasteiger partial charge < -0.3 is 5.32 Å². The molecule has 0 saturated heterocycles. The molecule has 40 heavy (non-hydrogen) atoms. The Morgan fingerprint density at radius 3 is 2.50 bits per heavy atom. The standard InChI is InChI=1S/C28H21Cl2F3N6O/c1-14-22(15(2)38(36-14)13-17-8-4-6-10-20(17)29)35-27(40)24-21(30)26-34-23-18-9-5-3-7-16(18)11-12-19(23)25(28(31,32)33)39(26)37-24/h3-10H,11-13H2,1-2H3,(H,35,40). The molecule has 3 heterocycles. The number of nitrogens with zero attached hydrogens (tertiary/aromatic N) is 5. The number of carbonyl (C=O) groups is 1. The molecule has 0 spiro atoms. The van der Waals surface area contributed by atoms with E-state index in [9.17, 15) is 18.0 Å². The number of halogens is 5. The first-order valence-corrected chi connectivity index (χ1v) is 13.2. The van der Waals surface area contributed by atoms with Gasteiger partial charge >= 0.3 is 6.18 Å². The third kappa shape index (κ3) is 4.31. The lowest BCUT2D eigenvalue weighted by Gasteiger charge is -2.23. The van der Waals surface area contributed by atoms with Gasteiger partial charge in [-0.2, -0.15) is 23.4 Å². The van der Waals surface area contributed by atoms with E-state index < -0.39 is 17.8 Å². The van der Waals surface area contributed by atoms with Crippen molar-refractivity contribution in [2.45, 2.75) is 39.4 Å². The molecule has 1 N–H and O–H groups in total. The van der Waals surface area contributed by atoms with E-state index in [0.717, 1.165) is 11.1 Å². The first-order chi connectivity index (χ1) is 19.0. The van der Waals surface area contributed by atoms with Gasteiger partial charge in [0.15, 0.2) is 17.0 Å². The van der Waals surface area contributed by atoms with Gasteiger partial charge in [0, 0.05) is 16.1 Å². The summed E-state index contributed by atoms with van der Waals surface area (Å²) >= 11 is 12.8. The summed E-state index contributed by atoms with van der Waals surface area (Å²) in [6, 6.07) is 14.5. The van der Waals surface area contributed by atoms with Crippen molar-refractivity contribution >= 4 is 40.4 Å². The van der Waals surface area contributed by atoms with Crippen LogP contribution in [0.3, 0.4) is 0 Å². The van der Waals surface area contributed by atoms with E-state index in [2.05, 4.69) is 20.5 Å². The highest BCUT2D eigenvalue weighted by Crippen LogP contribution is 2.42. The number of alkyl halides is 3. The van der Waals surface area contributed by atoms with Crippen molar-refractivity contribution in [3.8, 4) is 11.3 Å². The van der Waals surface area contributed by atoms with Crippen LogP contribution >= 0.6 is 23.2 Å². The van der Waals surface area contributed by atoms with E-state index >= 15 is 0 Å². The molecule has 0 radical (unpaired) electrons. The van der Waals surface area contributed by atoms with Crippen molar-refractivity contribution in [3.63, 3.8) is 0 Å². The highest BCUT2D eigenvalue weighted by molar-refractivity contribution is 6.37. The Balaban J connectivity index is 1.41. The Morgan fingerprint density at radius 2 is 1.75 bits per heavy atom. The van der Waals surface area contributed by atoms with Crippen LogP contribution in [0.2, 0.25) is 10.0 Å². The summed E-state index contributed by atoms with van der Waals surface area (Å²) in [6.07, 6.45) is -4.20. The number of nitrogens with one attached hydrogen (secondary N) is 1. The second-order valence-electron chi connectivity index (χ2n) is 9.59. The van der Waals surface area contributed by atoms with Gasteiger partial charge in [-0.05, 0) is 43.9 Å². The van der Waals surface area contributed by atoms with Crippen molar-refractivity contribution in [2.75, 3.05) is 5.32 Å². The molecule has 0 unspecified atom stereocenters.